The molecule has 3 rings (SSSR count). The first-order valence-corrected chi connectivity index (χ1v) is 12.7. The zero-order valence-corrected chi connectivity index (χ0v) is 21.2. The molecule has 0 spiro atoms. The minimum Gasteiger partial charge on any atom is -0.507 e. The lowest BCUT2D eigenvalue weighted by atomic mass is 9.95. The predicted octanol–water partition coefficient (Wildman–Crippen LogP) is 5.41. The van der Waals surface area contributed by atoms with E-state index in [2.05, 4.69) is 18.7 Å². The largest absolute Gasteiger partial charge is 0.507 e. The number of methoxy groups -OCH3 is 1. The standard InChI is InChI=1S/C29H38N2O4/c1-4-6-18-30(19-7-5-2)20-11-21-31-26(22-12-9-8-10-13-22)25(28(33)29(31)34)27(32)23-14-16-24(35-3)17-15-23/h8-10,12-17,26,32H,4-7,11,18-21H2,1-3H3. The summed E-state index contributed by atoms with van der Waals surface area (Å²) in [5.41, 5.74) is 1.44. The maximum absolute atomic E-state index is 13.2. The molecule has 6 heteroatoms. The topological polar surface area (TPSA) is 70.1 Å². The van der Waals surface area contributed by atoms with E-state index in [1.165, 1.54) is 0 Å². The van der Waals surface area contributed by atoms with Crippen molar-refractivity contribution in [2.45, 2.75) is 52.0 Å². The fourth-order valence-electron chi connectivity index (χ4n) is 4.56. The second-order valence-electron chi connectivity index (χ2n) is 9.03. The SMILES string of the molecule is CCCCN(CCCC)CCCN1C(=O)C(=O)C(=C(O)c2ccc(OC)cc2)C1c1ccccc1. The molecule has 1 unspecified atom stereocenters. The summed E-state index contributed by atoms with van der Waals surface area (Å²) in [4.78, 5) is 30.4. The van der Waals surface area contributed by atoms with E-state index in [0.717, 1.165) is 57.3 Å². The summed E-state index contributed by atoms with van der Waals surface area (Å²) < 4.78 is 5.20. The first kappa shape index (κ1) is 26.5. The summed E-state index contributed by atoms with van der Waals surface area (Å²) in [7, 11) is 1.57. The molecule has 1 amide bonds. The van der Waals surface area contributed by atoms with Crippen molar-refractivity contribution < 1.29 is 19.4 Å². The Labute approximate surface area is 209 Å². The number of aliphatic hydroxyl groups is 1. The lowest BCUT2D eigenvalue weighted by Crippen LogP contribution is -2.34. The van der Waals surface area contributed by atoms with Crippen molar-refractivity contribution in [2.75, 3.05) is 33.3 Å². The number of ketones is 1. The van der Waals surface area contributed by atoms with Crippen LogP contribution in [0.15, 0.2) is 60.2 Å². The number of hydrogen-bond donors (Lipinski definition) is 1. The highest BCUT2D eigenvalue weighted by Gasteiger charge is 2.45. The molecule has 1 aliphatic heterocycles. The van der Waals surface area contributed by atoms with Crippen molar-refractivity contribution in [3.8, 4) is 5.75 Å². The van der Waals surface area contributed by atoms with Gasteiger partial charge in [-0.1, -0.05) is 57.0 Å². The van der Waals surface area contributed by atoms with Crippen LogP contribution in [0.5, 0.6) is 5.75 Å². The molecule has 1 saturated heterocycles. The maximum atomic E-state index is 13.2. The normalized spacial score (nSPS) is 17.4. The molecule has 0 saturated carbocycles. The van der Waals surface area contributed by atoms with Crippen LogP contribution in [0.3, 0.4) is 0 Å². The van der Waals surface area contributed by atoms with E-state index in [9.17, 15) is 14.7 Å². The van der Waals surface area contributed by atoms with E-state index < -0.39 is 17.7 Å². The lowest BCUT2D eigenvalue weighted by molar-refractivity contribution is -0.140. The Hall–Kier alpha value is -3.12. The number of carbonyl (C=O) groups excluding carboxylic acids is 2. The van der Waals surface area contributed by atoms with Crippen molar-refractivity contribution >= 4 is 17.4 Å². The Kier molecular flexibility index (Phi) is 9.91. The van der Waals surface area contributed by atoms with E-state index in [1.54, 1.807) is 36.3 Å². The van der Waals surface area contributed by atoms with Crippen LogP contribution in [0.4, 0.5) is 0 Å². The number of benzene rings is 2. The number of amides is 1. The predicted molar refractivity (Wildman–Crippen MR) is 139 cm³/mol. The molecule has 1 heterocycles. The molecule has 2 aromatic rings. The van der Waals surface area contributed by atoms with E-state index >= 15 is 0 Å². The highest BCUT2D eigenvalue weighted by molar-refractivity contribution is 6.46. The Bertz CT molecular complexity index is 993. The number of unbranched alkanes of at least 4 members (excludes halogenated alkanes) is 2. The van der Waals surface area contributed by atoms with Crippen molar-refractivity contribution in [3.63, 3.8) is 0 Å². The Morgan fingerprint density at radius 2 is 1.51 bits per heavy atom. The summed E-state index contributed by atoms with van der Waals surface area (Å²) in [6.07, 6.45) is 5.37. The molecular weight excluding hydrogens is 440 g/mol. The molecule has 188 valence electrons. The first-order valence-electron chi connectivity index (χ1n) is 12.7. The van der Waals surface area contributed by atoms with Gasteiger partial charge in [0.05, 0.1) is 18.7 Å². The van der Waals surface area contributed by atoms with Gasteiger partial charge in [-0.05, 0) is 68.7 Å². The maximum Gasteiger partial charge on any atom is 0.295 e. The van der Waals surface area contributed by atoms with Gasteiger partial charge >= 0.3 is 0 Å². The molecule has 1 atom stereocenters. The third kappa shape index (κ3) is 6.51. The van der Waals surface area contributed by atoms with Gasteiger partial charge in [-0.25, -0.2) is 0 Å². The Morgan fingerprint density at radius 3 is 2.09 bits per heavy atom. The van der Waals surface area contributed by atoms with Crippen molar-refractivity contribution in [2.24, 2.45) is 0 Å². The number of likely N-dealkylation sites (tertiary alicyclic amines) is 1. The van der Waals surface area contributed by atoms with Crippen LogP contribution in [0.2, 0.25) is 0 Å². The van der Waals surface area contributed by atoms with E-state index in [-0.39, 0.29) is 11.3 Å². The highest BCUT2D eigenvalue weighted by Crippen LogP contribution is 2.39. The van der Waals surface area contributed by atoms with Crippen LogP contribution in [0.1, 0.15) is 63.1 Å². The van der Waals surface area contributed by atoms with Crippen LogP contribution in [0, 0.1) is 0 Å². The van der Waals surface area contributed by atoms with Gasteiger partial charge in [-0.15, -0.1) is 0 Å². The van der Waals surface area contributed by atoms with E-state index in [4.69, 9.17) is 4.74 Å². The van der Waals surface area contributed by atoms with Gasteiger partial charge < -0.3 is 19.6 Å². The fraction of sp³-hybridized carbons (Fsp3) is 0.448. The zero-order valence-electron chi connectivity index (χ0n) is 21.2. The molecule has 2 aromatic carbocycles. The molecule has 6 nitrogen and oxygen atoms in total. The van der Waals surface area contributed by atoms with Crippen LogP contribution in [0.25, 0.3) is 5.76 Å². The number of nitrogens with zero attached hydrogens (tertiary/aromatic N) is 2. The van der Waals surface area contributed by atoms with Gasteiger partial charge in [0.2, 0.25) is 0 Å². The van der Waals surface area contributed by atoms with Crippen molar-refractivity contribution in [3.05, 3.63) is 71.3 Å². The minimum absolute atomic E-state index is 0.139. The number of ether oxygens (including phenoxy) is 1. The van der Waals surface area contributed by atoms with Crippen LogP contribution >= 0.6 is 0 Å². The molecule has 1 fully saturated rings. The third-order valence-electron chi connectivity index (χ3n) is 6.55. The summed E-state index contributed by atoms with van der Waals surface area (Å²) in [5, 5.41) is 11.2. The van der Waals surface area contributed by atoms with Crippen molar-refractivity contribution in [1.29, 1.82) is 0 Å². The molecule has 1 aliphatic rings. The van der Waals surface area contributed by atoms with E-state index in [1.807, 2.05) is 30.3 Å². The first-order chi connectivity index (χ1) is 17.0. The molecule has 1 N–H and O–H groups in total. The van der Waals surface area contributed by atoms with Crippen LogP contribution < -0.4 is 4.74 Å². The minimum atomic E-state index is -0.638. The smallest absolute Gasteiger partial charge is 0.295 e. The summed E-state index contributed by atoms with van der Waals surface area (Å²) in [6.45, 7) is 7.82. The number of aliphatic hydroxyl groups excluding tert-OH is 1. The average Bonchev–Trinajstić information content (AvgIpc) is 3.15. The highest BCUT2D eigenvalue weighted by atomic mass is 16.5. The monoisotopic (exact) mass is 478 g/mol. The summed E-state index contributed by atoms with van der Waals surface area (Å²) >= 11 is 0. The quantitative estimate of drug-likeness (QED) is 0.237. The third-order valence-corrected chi connectivity index (χ3v) is 6.55. The summed E-state index contributed by atoms with van der Waals surface area (Å²) in [6, 6.07) is 15.7. The molecule has 35 heavy (non-hydrogen) atoms. The van der Waals surface area contributed by atoms with Gasteiger partial charge in [-0.2, -0.15) is 0 Å². The second-order valence-corrected chi connectivity index (χ2v) is 9.03. The molecule has 0 aliphatic carbocycles. The molecular formula is C29H38N2O4. The molecule has 0 bridgehead atoms. The van der Waals surface area contributed by atoms with Crippen molar-refractivity contribution in [1.82, 2.24) is 9.80 Å². The number of hydrogen-bond acceptors (Lipinski definition) is 5. The second kappa shape index (κ2) is 13.1. The number of Topliss-reactive ketones (excluding diaryl/α,β-unsaturated/α-hetero) is 1. The van der Waals surface area contributed by atoms with Gasteiger partial charge in [-0.3, -0.25) is 9.59 Å². The lowest BCUT2D eigenvalue weighted by Gasteiger charge is -2.27. The fourth-order valence-corrected chi connectivity index (χ4v) is 4.56. The van der Waals surface area contributed by atoms with Gasteiger partial charge in [0.25, 0.3) is 11.7 Å². The average molecular weight is 479 g/mol. The molecule has 0 aromatic heterocycles. The summed E-state index contributed by atoms with van der Waals surface area (Å²) in [5.74, 6) is -0.698. The number of rotatable bonds is 13. The van der Waals surface area contributed by atoms with Crippen LogP contribution in [-0.4, -0.2) is 59.9 Å². The van der Waals surface area contributed by atoms with E-state index in [0.29, 0.717) is 17.9 Å². The van der Waals surface area contributed by atoms with Gasteiger partial charge in [0.15, 0.2) is 0 Å². The zero-order chi connectivity index (χ0) is 25.2. The van der Waals surface area contributed by atoms with Gasteiger partial charge in [0, 0.05) is 12.1 Å². The van der Waals surface area contributed by atoms with Crippen LogP contribution in [-0.2, 0) is 9.59 Å². The molecule has 0 radical (unpaired) electrons. The Balaban J connectivity index is 1.88. The Morgan fingerprint density at radius 1 is 0.914 bits per heavy atom. The van der Waals surface area contributed by atoms with Gasteiger partial charge in [0.1, 0.15) is 11.5 Å². The number of carbonyl (C=O) groups is 2.